The van der Waals surface area contributed by atoms with Crippen molar-refractivity contribution >= 4 is 0 Å². The van der Waals surface area contributed by atoms with Crippen molar-refractivity contribution in [3.63, 3.8) is 0 Å². The van der Waals surface area contributed by atoms with Gasteiger partial charge in [-0.25, -0.2) is 0 Å². The summed E-state index contributed by atoms with van der Waals surface area (Å²) in [5, 5.41) is 11.2. The van der Waals surface area contributed by atoms with Crippen molar-refractivity contribution in [2.45, 2.75) is 32.6 Å². The zero-order valence-electron chi connectivity index (χ0n) is 7.43. The number of aliphatic hydroxyl groups is 1. The van der Waals surface area contributed by atoms with E-state index in [0.717, 1.165) is 0 Å². The first-order valence-corrected chi connectivity index (χ1v) is 3.53. The lowest BCUT2D eigenvalue weighted by molar-refractivity contribution is -0.0581. The molecule has 0 aliphatic rings. The van der Waals surface area contributed by atoms with E-state index in [2.05, 4.69) is 11.2 Å². The van der Waals surface area contributed by atoms with Gasteiger partial charge in [-0.1, -0.05) is 0 Å². The number of hydrogen-bond acceptors (Lipinski definition) is 3. The first-order chi connectivity index (χ1) is 5.02. The number of hydrogen-bond donors (Lipinski definition) is 2. The van der Waals surface area contributed by atoms with Gasteiger partial charge in [-0.2, -0.15) is 0 Å². The monoisotopic (exact) mass is 157 g/mol. The Hall–Kier alpha value is -0.720. The van der Waals surface area contributed by atoms with Crippen molar-refractivity contribution in [2.75, 3.05) is 7.05 Å². The third-order valence-corrected chi connectivity index (χ3v) is 1.34. The topological polar surface area (TPSA) is 41.5 Å². The van der Waals surface area contributed by atoms with Crippen LogP contribution in [-0.2, 0) is 4.74 Å². The van der Waals surface area contributed by atoms with Crippen molar-refractivity contribution in [3.8, 4) is 12.0 Å². The summed E-state index contributed by atoms with van der Waals surface area (Å²) in [7, 11) is 1.80. The highest BCUT2D eigenvalue weighted by atomic mass is 16.5. The molecule has 11 heavy (non-hydrogen) atoms. The fourth-order valence-corrected chi connectivity index (χ4v) is 0.621. The lowest BCUT2D eigenvalue weighted by atomic mass is 10.3. The fourth-order valence-electron chi connectivity index (χ4n) is 0.621. The molecule has 0 saturated carbocycles. The van der Waals surface area contributed by atoms with Gasteiger partial charge in [0.1, 0.15) is 17.9 Å². The maximum Gasteiger partial charge on any atom is 0.121 e. The van der Waals surface area contributed by atoms with Gasteiger partial charge in [0.05, 0.1) is 0 Å². The summed E-state index contributed by atoms with van der Waals surface area (Å²) in [5.41, 5.74) is -0.400. The van der Waals surface area contributed by atoms with Gasteiger partial charge in [0.2, 0.25) is 0 Å². The zero-order chi connectivity index (χ0) is 8.91. The minimum Gasteiger partial charge on any atom is -0.462 e. The van der Waals surface area contributed by atoms with Crippen molar-refractivity contribution in [3.05, 3.63) is 0 Å². The fraction of sp³-hybridized carbons (Fsp3) is 0.750. The number of aliphatic hydroxyl groups excluding tert-OH is 1. The van der Waals surface area contributed by atoms with Crippen LogP contribution in [0.2, 0.25) is 0 Å². The standard InChI is InChI=1S/C8H15NO2/c1-7(5-6-10)11-8(2,3)9-4/h7,9-10H,1-4H3. The Balaban J connectivity index is 3.89. The van der Waals surface area contributed by atoms with Crippen LogP contribution in [0.3, 0.4) is 0 Å². The van der Waals surface area contributed by atoms with Gasteiger partial charge in [-0.05, 0) is 33.7 Å². The van der Waals surface area contributed by atoms with Gasteiger partial charge in [0.25, 0.3) is 0 Å². The van der Waals surface area contributed by atoms with E-state index >= 15 is 0 Å². The summed E-state index contributed by atoms with van der Waals surface area (Å²) in [6.07, 6.45) is 1.55. The molecule has 0 aromatic rings. The van der Waals surface area contributed by atoms with Crippen LogP contribution in [0.4, 0.5) is 0 Å². The van der Waals surface area contributed by atoms with Crippen LogP contribution in [-0.4, -0.2) is 24.0 Å². The second-order valence-electron chi connectivity index (χ2n) is 2.78. The van der Waals surface area contributed by atoms with Gasteiger partial charge in [0.15, 0.2) is 0 Å². The molecule has 2 N–H and O–H groups in total. The van der Waals surface area contributed by atoms with Gasteiger partial charge in [0, 0.05) is 0 Å². The van der Waals surface area contributed by atoms with Crippen LogP contribution < -0.4 is 5.32 Å². The molecule has 0 rings (SSSR count). The summed E-state index contributed by atoms with van der Waals surface area (Å²) in [6.45, 7) is 5.56. The minimum atomic E-state index is -0.400. The van der Waals surface area contributed by atoms with E-state index in [9.17, 15) is 0 Å². The van der Waals surface area contributed by atoms with E-state index in [0.29, 0.717) is 0 Å². The molecule has 0 saturated heterocycles. The third kappa shape index (κ3) is 4.65. The summed E-state index contributed by atoms with van der Waals surface area (Å²) in [4.78, 5) is 0. The molecule has 0 heterocycles. The lowest BCUT2D eigenvalue weighted by Crippen LogP contribution is -2.41. The highest BCUT2D eigenvalue weighted by Crippen LogP contribution is 2.06. The average Bonchev–Trinajstić information content (AvgIpc) is 1.87. The zero-order valence-corrected chi connectivity index (χ0v) is 7.43. The summed E-state index contributed by atoms with van der Waals surface area (Å²) < 4.78 is 5.38. The highest BCUT2D eigenvalue weighted by molar-refractivity contribution is 4.97. The molecule has 0 bridgehead atoms. The molecule has 64 valence electrons. The van der Waals surface area contributed by atoms with Crippen molar-refractivity contribution in [1.82, 2.24) is 5.32 Å². The van der Waals surface area contributed by atoms with E-state index in [1.807, 2.05) is 20.0 Å². The van der Waals surface area contributed by atoms with Crippen LogP contribution in [0.1, 0.15) is 20.8 Å². The summed E-state index contributed by atoms with van der Waals surface area (Å²) >= 11 is 0. The van der Waals surface area contributed by atoms with Crippen molar-refractivity contribution < 1.29 is 9.84 Å². The molecular weight excluding hydrogens is 142 g/mol. The molecule has 0 aliphatic carbocycles. The smallest absolute Gasteiger partial charge is 0.121 e. The number of nitrogens with one attached hydrogen (secondary N) is 1. The number of ether oxygens (including phenoxy) is 1. The molecule has 3 nitrogen and oxygen atoms in total. The molecule has 0 aromatic carbocycles. The highest BCUT2D eigenvalue weighted by Gasteiger charge is 2.17. The second kappa shape index (κ2) is 4.22. The first-order valence-electron chi connectivity index (χ1n) is 3.53. The van der Waals surface area contributed by atoms with Gasteiger partial charge < -0.3 is 9.84 Å². The molecule has 3 heteroatoms. The maximum absolute atomic E-state index is 8.24. The lowest BCUT2D eigenvalue weighted by Gasteiger charge is -2.26. The van der Waals surface area contributed by atoms with E-state index in [1.54, 1.807) is 14.0 Å². The van der Waals surface area contributed by atoms with Gasteiger partial charge in [-0.15, -0.1) is 0 Å². The van der Waals surface area contributed by atoms with Gasteiger partial charge in [-0.3, -0.25) is 5.32 Å². The normalized spacial score (nSPS) is 13.5. The maximum atomic E-state index is 8.24. The van der Waals surface area contributed by atoms with E-state index in [4.69, 9.17) is 9.84 Å². The van der Waals surface area contributed by atoms with Gasteiger partial charge >= 0.3 is 0 Å². The molecule has 0 aliphatic heterocycles. The Labute approximate surface area is 67.8 Å². The van der Waals surface area contributed by atoms with Crippen molar-refractivity contribution in [2.24, 2.45) is 0 Å². The van der Waals surface area contributed by atoms with E-state index in [-0.39, 0.29) is 6.10 Å². The van der Waals surface area contributed by atoms with Crippen LogP contribution in [0.25, 0.3) is 0 Å². The predicted octanol–water partition coefficient (Wildman–Crippen LogP) is 0.680. The third-order valence-electron chi connectivity index (χ3n) is 1.34. The Morgan fingerprint density at radius 1 is 1.55 bits per heavy atom. The molecule has 1 atom stereocenters. The Morgan fingerprint density at radius 2 is 2.09 bits per heavy atom. The predicted molar refractivity (Wildman–Crippen MR) is 43.4 cm³/mol. The van der Waals surface area contributed by atoms with Crippen LogP contribution in [0, 0.1) is 12.0 Å². The molecule has 0 radical (unpaired) electrons. The number of rotatable bonds is 3. The van der Waals surface area contributed by atoms with E-state index < -0.39 is 5.72 Å². The average molecular weight is 157 g/mol. The Bertz CT molecular complexity index is 167. The molecular formula is C8H15NO2. The quantitative estimate of drug-likeness (QED) is 0.467. The van der Waals surface area contributed by atoms with Crippen LogP contribution in [0.15, 0.2) is 0 Å². The molecule has 1 unspecified atom stereocenters. The van der Waals surface area contributed by atoms with Crippen LogP contribution >= 0.6 is 0 Å². The molecule has 0 amide bonds. The Kier molecular flexibility index (Phi) is 3.94. The molecule has 0 spiro atoms. The largest absolute Gasteiger partial charge is 0.462 e. The second-order valence-corrected chi connectivity index (χ2v) is 2.78. The van der Waals surface area contributed by atoms with E-state index in [1.165, 1.54) is 0 Å². The van der Waals surface area contributed by atoms with Crippen LogP contribution in [0.5, 0.6) is 0 Å². The summed E-state index contributed by atoms with van der Waals surface area (Å²) in [5.74, 6) is 2.48. The molecule has 0 fully saturated rings. The first kappa shape index (κ1) is 10.3. The minimum absolute atomic E-state index is 0.262. The SMILES string of the molecule is CNC(C)(C)OC(C)C#CO. The summed E-state index contributed by atoms with van der Waals surface area (Å²) in [6, 6.07) is 0. The molecule has 0 aromatic heterocycles. The van der Waals surface area contributed by atoms with Crippen molar-refractivity contribution in [1.29, 1.82) is 0 Å². The Morgan fingerprint density at radius 3 is 2.45 bits per heavy atom.